The van der Waals surface area contributed by atoms with Crippen LogP contribution < -0.4 is 5.32 Å². The number of nitrogens with zero attached hydrogens (tertiary/aromatic N) is 2. The van der Waals surface area contributed by atoms with Gasteiger partial charge in [-0.2, -0.15) is 0 Å². The minimum atomic E-state index is -0.374. The molecule has 1 aliphatic heterocycles. The molecule has 2 rings (SSSR count). The van der Waals surface area contributed by atoms with Crippen LogP contribution >= 0.6 is 0 Å². The fourth-order valence-electron chi connectivity index (χ4n) is 2.17. The van der Waals surface area contributed by atoms with E-state index in [1.807, 2.05) is 0 Å². The Balaban J connectivity index is 1.85. The van der Waals surface area contributed by atoms with Gasteiger partial charge in [0.25, 0.3) is 5.91 Å². The number of halogens is 1. The van der Waals surface area contributed by atoms with Crippen LogP contribution in [0.5, 0.6) is 0 Å². The Bertz CT molecular complexity index is 432. The zero-order valence-electron chi connectivity index (χ0n) is 11.2. The number of rotatable bonds is 4. The van der Waals surface area contributed by atoms with Crippen LogP contribution in [0, 0.1) is 5.82 Å². The number of piperazine rings is 1. The van der Waals surface area contributed by atoms with Crippen LogP contribution in [0.4, 0.5) is 4.39 Å². The third-order valence-corrected chi connectivity index (χ3v) is 3.38. The molecule has 4 nitrogen and oxygen atoms in total. The second-order valence-electron chi connectivity index (χ2n) is 4.83. The Morgan fingerprint density at radius 1 is 1.42 bits per heavy atom. The highest BCUT2D eigenvalue weighted by molar-refractivity contribution is 5.94. The number of likely N-dealkylation sites (N-methyl/N-ethyl adjacent to an activating group) is 1. The summed E-state index contributed by atoms with van der Waals surface area (Å²) >= 11 is 0. The van der Waals surface area contributed by atoms with Crippen molar-refractivity contribution < 1.29 is 9.18 Å². The first kappa shape index (κ1) is 14.0. The molecule has 1 saturated heterocycles. The Hall–Kier alpha value is -1.46. The van der Waals surface area contributed by atoms with Crippen LogP contribution in [-0.2, 0) is 0 Å². The third kappa shape index (κ3) is 4.01. The van der Waals surface area contributed by atoms with Gasteiger partial charge < -0.3 is 10.2 Å². The molecule has 0 unspecified atom stereocenters. The summed E-state index contributed by atoms with van der Waals surface area (Å²) in [4.78, 5) is 16.1. The van der Waals surface area contributed by atoms with E-state index in [1.54, 1.807) is 24.1 Å². The van der Waals surface area contributed by atoms with Crippen molar-refractivity contribution in [3.8, 4) is 0 Å². The molecule has 1 heterocycles. The number of amides is 1. The highest BCUT2D eigenvalue weighted by atomic mass is 19.1. The molecule has 5 heteroatoms. The monoisotopic (exact) mass is 265 g/mol. The molecule has 0 aromatic heterocycles. The van der Waals surface area contributed by atoms with Crippen LogP contribution in [0.15, 0.2) is 24.3 Å². The zero-order chi connectivity index (χ0) is 13.7. The van der Waals surface area contributed by atoms with Gasteiger partial charge >= 0.3 is 0 Å². The summed E-state index contributed by atoms with van der Waals surface area (Å²) in [6, 6.07) is 5.83. The van der Waals surface area contributed by atoms with E-state index in [0.29, 0.717) is 12.1 Å². The fourth-order valence-corrected chi connectivity index (χ4v) is 2.17. The number of benzene rings is 1. The van der Waals surface area contributed by atoms with Crippen molar-refractivity contribution in [3.05, 3.63) is 35.6 Å². The molecule has 1 aliphatic rings. The van der Waals surface area contributed by atoms with Crippen LogP contribution in [0.3, 0.4) is 0 Å². The van der Waals surface area contributed by atoms with Crippen molar-refractivity contribution >= 4 is 5.91 Å². The summed E-state index contributed by atoms with van der Waals surface area (Å²) in [6.45, 7) is 5.56. The minimum Gasteiger partial charge on any atom is -0.340 e. The Kier molecular flexibility index (Phi) is 4.87. The van der Waals surface area contributed by atoms with Gasteiger partial charge in [-0.05, 0) is 18.2 Å². The topological polar surface area (TPSA) is 35.6 Å². The maximum atomic E-state index is 13.1. The highest BCUT2D eigenvalue weighted by Gasteiger charge is 2.14. The summed E-state index contributed by atoms with van der Waals surface area (Å²) in [5.74, 6) is -0.504. The molecule has 104 valence electrons. The van der Waals surface area contributed by atoms with Gasteiger partial charge in [-0.1, -0.05) is 6.07 Å². The average molecular weight is 265 g/mol. The summed E-state index contributed by atoms with van der Waals surface area (Å²) in [6.07, 6.45) is 0. The van der Waals surface area contributed by atoms with Crippen molar-refractivity contribution in [2.45, 2.75) is 0 Å². The number of hydrogen-bond donors (Lipinski definition) is 1. The lowest BCUT2D eigenvalue weighted by Gasteiger charge is -2.29. The highest BCUT2D eigenvalue weighted by Crippen LogP contribution is 2.06. The van der Waals surface area contributed by atoms with Crippen molar-refractivity contribution in [3.63, 3.8) is 0 Å². The van der Waals surface area contributed by atoms with Crippen LogP contribution in [0.1, 0.15) is 10.4 Å². The number of nitrogens with one attached hydrogen (secondary N) is 1. The normalized spacial score (nSPS) is 16.3. The van der Waals surface area contributed by atoms with E-state index < -0.39 is 0 Å². The standard InChI is InChI=1S/C14H20FN3O/c1-17(9-10-18-7-5-16-6-8-18)14(19)12-3-2-4-13(15)11-12/h2-4,11,16H,5-10H2,1H3. The van der Waals surface area contributed by atoms with Gasteiger partial charge in [0.2, 0.25) is 0 Å². The summed E-state index contributed by atoms with van der Waals surface area (Å²) < 4.78 is 13.1. The van der Waals surface area contributed by atoms with Crippen LogP contribution in [-0.4, -0.2) is 62.0 Å². The molecule has 0 spiro atoms. The lowest BCUT2D eigenvalue weighted by atomic mass is 10.2. The molecular weight excluding hydrogens is 245 g/mol. The fraction of sp³-hybridized carbons (Fsp3) is 0.500. The summed E-state index contributed by atoms with van der Waals surface area (Å²) in [7, 11) is 1.76. The first-order valence-corrected chi connectivity index (χ1v) is 6.61. The van der Waals surface area contributed by atoms with Crippen molar-refractivity contribution in [2.75, 3.05) is 46.3 Å². The van der Waals surface area contributed by atoms with Gasteiger partial charge in [-0.25, -0.2) is 4.39 Å². The lowest BCUT2D eigenvalue weighted by molar-refractivity contribution is 0.0774. The smallest absolute Gasteiger partial charge is 0.253 e. The molecule has 19 heavy (non-hydrogen) atoms. The lowest BCUT2D eigenvalue weighted by Crippen LogP contribution is -2.46. The molecule has 1 amide bonds. The molecule has 0 aliphatic carbocycles. The van der Waals surface area contributed by atoms with Gasteiger partial charge in [-0.15, -0.1) is 0 Å². The van der Waals surface area contributed by atoms with E-state index in [2.05, 4.69) is 10.2 Å². The van der Waals surface area contributed by atoms with Gasteiger partial charge in [0.15, 0.2) is 0 Å². The SMILES string of the molecule is CN(CCN1CCNCC1)C(=O)c1cccc(F)c1. The van der Waals surface area contributed by atoms with Crippen LogP contribution in [0.25, 0.3) is 0 Å². The first-order valence-electron chi connectivity index (χ1n) is 6.61. The Morgan fingerprint density at radius 3 is 2.84 bits per heavy atom. The van der Waals surface area contributed by atoms with Gasteiger partial charge in [-0.3, -0.25) is 9.69 Å². The first-order chi connectivity index (χ1) is 9.16. The Morgan fingerprint density at radius 2 is 2.16 bits per heavy atom. The largest absolute Gasteiger partial charge is 0.340 e. The van der Waals surface area contributed by atoms with E-state index in [-0.39, 0.29) is 11.7 Å². The average Bonchev–Trinajstić information content (AvgIpc) is 2.45. The van der Waals surface area contributed by atoms with E-state index in [9.17, 15) is 9.18 Å². The van der Waals surface area contributed by atoms with Gasteiger partial charge in [0.05, 0.1) is 0 Å². The van der Waals surface area contributed by atoms with E-state index >= 15 is 0 Å². The van der Waals surface area contributed by atoms with Gasteiger partial charge in [0.1, 0.15) is 5.82 Å². The van der Waals surface area contributed by atoms with Crippen molar-refractivity contribution in [2.24, 2.45) is 0 Å². The third-order valence-electron chi connectivity index (χ3n) is 3.38. The molecular formula is C14H20FN3O. The second kappa shape index (κ2) is 6.63. The molecule has 0 atom stereocenters. The van der Waals surface area contributed by atoms with E-state index in [0.717, 1.165) is 32.7 Å². The quantitative estimate of drug-likeness (QED) is 0.875. The molecule has 1 aromatic carbocycles. The summed E-state index contributed by atoms with van der Waals surface area (Å²) in [5, 5.41) is 3.29. The molecule has 0 saturated carbocycles. The molecule has 1 N–H and O–H groups in total. The molecule has 1 fully saturated rings. The van der Waals surface area contributed by atoms with Gasteiger partial charge in [0, 0.05) is 51.9 Å². The summed E-state index contributed by atoms with van der Waals surface area (Å²) in [5.41, 5.74) is 0.405. The molecule has 0 radical (unpaired) electrons. The number of carbonyl (C=O) groups is 1. The second-order valence-corrected chi connectivity index (χ2v) is 4.83. The van der Waals surface area contributed by atoms with Crippen LogP contribution in [0.2, 0.25) is 0 Å². The van der Waals surface area contributed by atoms with E-state index in [4.69, 9.17) is 0 Å². The predicted molar refractivity (Wildman–Crippen MR) is 72.7 cm³/mol. The maximum Gasteiger partial charge on any atom is 0.253 e. The van der Waals surface area contributed by atoms with E-state index in [1.165, 1.54) is 12.1 Å². The number of hydrogen-bond acceptors (Lipinski definition) is 3. The predicted octanol–water partition coefficient (Wildman–Crippen LogP) is 0.803. The maximum absolute atomic E-state index is 13.1. The van der Waals surface area contributed by atoms with Crippen molar-refractivity contribution in [1.29, 1.82) is 0 Å². The number of carbonyl (C=O) groups excluding carboxylic acids is 1. The zero-order valence-corrected chi connectivity index (χ0v) is 11.2. The van der Waals surface area contributed by atoms with Crippen molar-refractivity contribution in [1.82, 2.24) is 15.1 Å². The Labute approximate surface area is 113 Å². The minimum absolute atomic E-state index is 0.130. The molecule has 1 aromatic rings. The molecule has 0 bridgehead atoms.